The summed E-state index contributed by atoms with van der Waals surface area (Å²) in [5.74, 6) is 0.0398. The maximum atomic E-state index is 12.2. The zero-order valence-electron chi connectivity index (χ0n) is 10.9. The van der Waals surface area contributed by atoms with Crippen molar-refractivity contribution in [2.45, 2.75) is 51.2 Å². The van der Waals surface area contributed by atoms with E-state index in [9.17, 15) is 4.79 Å². The van der Waals surface area contributed by atoms with Crippen LogP contribution < -0.4 is 5.73 Å². The lowest BCUT2D eigenvalue weighted by molar-refractivity contribution is -0.144. The van der Waals surface area contributed by atoms with Crippen LogP contribution in [-0.2, 0) is 9.53 Å². The van der Waals surface area contributed by atoms with Crippen LogP contribution in [0.3, 0.4) is 0 Å². The first-order chi connectivity index (χ1) is 7.34. The minimum atomic E-state index is -0.744. The monoisotopic (exact) mass is 228 g/mol. The van der Waals surface area contributed by atoms with Crippen LogP contribution in [0.4, 0.5) is 0 Å². The number of hydrogen-bond acceptors (Lipinski definition) is 3. The van der Waals surface area contributed by atoms with Gasteiger partial charge in [0.25, 0.3) is 0 Å². The van der Waals surface area contributed by atoms with Crippen LogP contribution in [0.1, 0.15) is 40.0 Å². The van der Waals surface area contributed by atoms with Crippen LogP contribution in [0.25, 0.3) is 0 Å². The molecule has 0 spiro atoms. The van der Waals surface area contributed by atoms with Gasteiger partial charge in [-0.15, -0.1) is 0 Å². The highest BCUT2D eigenvalue weighted by atomic mass is 16.5. The molecule has 2 atom stereocenters. The zero-order chi connectivity index (χ0) is 12.4. The Kier molecular flexibility index (Phi) is 3.97. The fourth-order valence-corrected chi connectivity index (χ4v) is 2.06. The first-order valence-corrected chi connectivity index (χ1v) is 5.98. The van der Waals surface area contributed by atoms with Crippen molar-refractivity contribution in [2.24, 2.45) is 5.73 Å². The number of nitrogens with two attached hydrogens (primary N) is 1. The SMILES string of the molecule is CCC(C)(N)C(=O)N1CCCC(C)(OC)C1. The fraction of sp³-hybridized carbons (Fsp3) is 0.917. The second-order valence-corrected chi connectivity index (χ2v) is 5.26. The van der Waals surface area contributed by atoms with Crippen LogP contribution >= 0.6 is 0 Å². The van der Waals surface area contributed by atoms with Crippen LogP contribution in [0, 0.1) is 0 Å². The molecular weight excluding hydrogens is 204 g/mol. The van der Waals surface area contributed by atoms with Crippen molar-refractivity contribution in [3.05, 3.63) is 0 Å². The minimum Gasteiger partial charge on any atom is -0.377 e. The topological polar surface area (TPSA) is 55.6 Å². The average molecular weight is 228 g/mol. The van der Waals surface area contributed by atoms with E-state index in [-0.39, 0.29) is 11.5 Å². The summed E-state index contributed by atoms with van der Waals surface area (Å²) in [6, 6.07) is 0. The number of methoxy groups -OCH3 is 1. The highest BCUT2D eigenvalue weighted by Gasteiger charge is 2.38. The van der Waals surface area contributed by atoms with E-state index in [0.29, 0.717) is 13.0 Å². The largest absolute Gasteiger partial charge is 0.377 e. The maximum Gasteiger partial charge on any atom is 0.242 e. The summed E-state index contributed by atoms with van der Waals surface area (Å²) in [6.45, 7) is 7.23. The number of nitrogens with zero attached hydrogens (tertiary/aromatic N) is 1. The van der Waals surface area contributed by atoms with Gasteiger partial charge >= 0.3 is 0 Å². The van der Waals surface area contributed by atoms with Gasteiger partial charge in [-0.05, 0) is 33.1 Å². The molecule has 1 aliphatic heterocycles. The van der Waals surface area contributed by atoms with Crippen molar-refractivity contribution >= 4 is 5.91 Å². The summed E-state index contributed by atoms with van der Waals surface area (Å²) in [7, 11) is 1.70. The first kappa shape index (κ1) is 13.5. The molecule has 1 fully saturated rings. The van der Waals surface area contributed by atoms with Crippen molar-refractivity contribution in [3.63, 3.8) is 0 Å². The molecule has 0 aromatic rings. The molecule has 0 aliphatic carbocycles. The third kappa shape index (κ3) is 2.74. The number of carbonyl (C=O) groups is 1. The number of likely N-dealkylation sites (tertiary alicyclic amines) is 1. The minimum absolute atomic E-state index is 0.0398. The van der Waals surface area contributed by atoms with E-state index >= 15 is 0 Å². The summed E-state index contributed by atoms with van der Waals surface area (Å²) in [5.41, 5.74) is 5.03. The molecule has 4 heteroatoms. The standard InChI is InChI=1S/C12H24N2O2/c1-5-12(3,13)10(15)14-8-6-7-11(2,9-14)16-4/h5-9,13H2,1-4H3. The van der Waals surface area contributed by atoms with Gasteiger partial charge in [0.2, 0.25) is 5.91 Å². The second-order valence-electron chi connectivity index (χ2n) is 5.26. The van der Waals surface area contributed by atoms with Gasteiger partial charge in [0.15, 0.2) is 0 Å². The van der Waals surface area contributed by atoms with Gasteiger partial charge in [-0.1, -0.05) is 6.92 Å². The quantitative estimate of drug-likeness (QED) is 0.788. The third-order valence-electron chi connectivity index (χ3n) is 3.66. The van der Waals surface area contributed by atoms with E-state index in [2.05, 4.69) is 0 Å². The Morgan fingerprint density at radius 3 is 2.75 bits per heavy atom. The Balaban J connectivity index is 2.71. The Morgan fingerprint density at radius 2 is 2.25 bits per heavy atom. The third-order valence-corrected chi connectivity index (χ3v) is 3.66. The summed E-state index contributed by atoms with van der Waals surface area (Å²) < 4.78 is 5.47. The van der Waals surface area contributed by atoms with Crippen LogP contribution in [0.2, 0.25) is 0 Å². The normalized spacial score (nSPS) is 29.9. The molecule has 0 saturated carbocycles. The number of rotatable bonds is 3. The number of ether oxygens (including phenoxy) is 1. The molecule has 0 aromatic carbocycles. The van der Waals surface area contributed by atoms with Gasteiger partial charge < -0.3 is 15.4 Å². The number of piperidine rings is 1. The van der Waals surface area contributed by atoms with Crippen molar-refractivity contribution in [2.75, 3.05) is 20.2 Å². The van der Waals surface area contributed by atoms with Gasteiger partial charge in [0.05, 0.1) is 11.1 Å². The van der Waals surface area contributed by atoms with Crippen molar-refractivity contribution in [1.82, 2.24) is 4.90 Å². The van der Waals surface area contributed by atoms with Crippen molar-refractivity contribution < 1.29 is 9.53 Å². The van der Waals surface area contributed by atoms with Gasteiger partial charge in [-0.3, -0.25) is 4.79 Å². The van der Waals surface area contributed by atoms with Gasteiger partial charge in [-0.2, -0.15) is 0 Å². The van der Waals surface area contributed by atoms with Crippen LogP contribution in [-0.4, -0.2) is 42.1 Å². The smallest absolute Gasteiger partial charge is 0.242 e. The van der Waals surface area contributed by atoms with Gasteiger partial charge in [0.1, 0.15) is 0 Å². The summed E-state index contributed by atoms with van der Waals surface area (Å²) in [5, 5.41) is 0. The van der Waals surface area contributed by atoms with E-state index < -0.39 is 5.54 Å². The van der Waals surface area contributed by atoms with Gasteiger partial charge in [0, 0.05) is 20.2 Å². The predicted octanol–water partition coefficient (Wildman–Crippen LogP) is 1.14. The van der Waals surface area contributed by atoms with Crippen molar-refractivity contribution in [1.29, 1.82) is 0 Å². The van der Waals surface area contributed by atoms with E-state index in [1.165, 1.54) is 0 Å². The Morgan fingerprint density at radius 1 is 1.62 bits per heavy atom. The molecule has 0 radical (unpaired) electrons. The highest BCUT2D eigenvalue weighted by molar-refractivity contribution is 5.85. The molecule has 1 aliphatic rings. The van der Waals surface area contributed by atoms with E-state index in [4.69, 9.17) is 10.5 Å². The van der Waals surface area contributed by atoms with E-state index in [1.807, 2.05) is 18.7 Å². The summed E-state index contributed by atoms with van der Waals surface area (Å²) >= 11 is 0. The molecule has 0 aromatic heterocycles. The van der Waals surface area contributed by atoms with Crippen LogP contribution in [0.15, 0.2) is 0 Å². The number of carbonyl (C=O) groups excluding carboxylic acids is 1. The Bertz CT molecular complexity index is 266. The summed E-state index contributed by atoms with van der Waals surface area (Å²) in [4.78, 5) is 14.0. The molecule has 2 unspecified atom stereocenters. The second kappa shape index (κ2) is 4.72. The number of amides is 1. The molecule has 1 rings (SSSR count). The molecule has 0 bridgehead atoms. The van der Waals surface area contributed by atoms with E-state index in [1.54, 1.807) is 14.0 Å². The lowest BCUT2D eigenvalue weighted by Gasteiger charge is -2.42. The summed E-state index contributed by atoms with van der Waals surface area (Å²) in [6.07, 6.45) is 2.64. The molecule has 94 valence electrons. The molecular formula is C12H24N2O2. The molecule has 2 N–H and O–H groups in total. The lowest BCUT2D eigenvalue weighted by atomic mass is 9.91. The predicted molar refractivity (Wildman–Crippen MR) is 64.1 cm³/mol. The Hall–Kier alpha value is -0.610. The zero-order valence-corrected chi connectivity index (χ0v) is 10.9. The molecule has 4 nitrogen and oxygen atoms in total. The molecule has 16 heavy (non-hydrogen) atoms. The number of hydrogen-bond donors (Lipinski definition) is 1. The fourth-order valence-electron chi connectivity index (χ4n) is 2.06. The highest BCUT2D eigenvalue weighted by Crippen LogP contribution is 2.25. The molecule has 1 amide bonds. The molecule has 1 heterocycles. The average Bonchev–Trinajstić information content (AvgIpc) is 2.28. The molecule has 1 saturated heterocycles. The Labute approximate surface area is 98.1 Å². The van der Waals surface area contributed by atoms with Gasteiger partial charge in [-0.25, -0.2) is 0 Å². The first-order valence-electron chi connectivity index (χ1n) is 5.98. The maximum absolute atomic E-state index is 12.2. The van der Waals surface area contributed by atoms with Crippen LogP contribution in [0.5, 0.6) is 0 Å². The lowest BCUT2D eigenvalue weighted by Crippen LogP contribution is -2.58. The van der Waals surface area contributed by atoms with E-state index in [0.717, 1.165) is 19.4 Å². The van der Waals surface area contributed by atoms with Crippen molar-refractivity contribution in [3.8, 4) is 0 Å².